The van der Waals surface area contributed by atoms with E-state index in [-0.39, 0.29) is 12.5 Å². The van der Waals surface area contributed by atoms with E-state index in [4.69, 9.17) is 0 Å². The standard InChI is InChI=1S/C14H21N5O2/c1-15-14(21)17-13(20)11-19-8-6-18(7-9-19)10-12-4-2-3-5-16-12/h2-5H,6-11H2,1H3,(H2,15,17,20,21). The van der Waals surface area contributed by atoms with Crippen LogP contribution in [0.15, 0.2) is 24.4 Å². The summed E-state index contributed by atoms with van der Waals surface area (Å²) in [7, 11) is 1.49. The van der Waals surface area contributed by atoms with Gasteiger partial charge in [0.25, 0.3) is 0 Å². The van der Waals surface area contributed by atoms with Gasteiger partial charge in [0.05, 0.1) is 12.2 Å². The van der Waals surface area contributed by atoms with Gasteiger partial charge < -0.3 is 5.32 Å². The van der Waals surface area contributed by atoms with E-state index in [2.05, 4.69) is 20.5 Å². The molecule has 1 aromatic rings. The molecule has 0 spiro atoms. The first-order valence-corrected chi connectivity index (χ1v) is 7.03. The summed E-state index contributed by atoms with van der Waals surface area (Å²) in [4.78, 5) is 31.3. The molecule has 0 aliphatic carbocycles. The first-order valence-electron chi connectivity index (χ1n) is 7.03. The quantitative estimate of drug-likeness (QED) is 0.793. The average molecular weight is 291 g/mol. The molecular formula is C14H21N5O2. The average Bonchev–Trinajstić information content (AvgIpc) is 2.50. The van der Waals surface area contributed by atoms with Crippen LogP contribution >= 0.6 is 0 Å². The van der Waals surface area contributed by atoms with E-state index in [1.54, 1.807) is 6.20 Å². The van der Waals surface area contributed by atoms with Crippen LogP contribution in [0.1, 0.15) is 5.69 Å². The lowest BCUT2D eigenvalue weighted by molar-refractivity contribution is -0.121. The number of nitrogens with one attached hydrogen (secondary N) is 2. The molecular weight excluding hydrogens is 270 g/mol. The molecule has 114 valence electrons. The summed E-state index contributed by atoms with van der Waals surface area (Å²) in [5.74, 6) is -0.271. The molecule has 21 heavy (non-hydrogen) atoms. The van der Waals surface area contributed by atoms with Gasteiger partial charge >= 0.3 is 6.03 Å². The van der Waals surface area contributed by atoms with Gasteiger partial charge in [0.2, 0.25) is 5.91 Å². The van der Waals surface area contributed by atoms with Crippen LogP contribution in [-0.2, 0) is 11.3 Å². The van der Waals surface area contributed by atoms with Crippen molar-refractivity contribution in [2.24, 2.45) is 0 Å². The summed E-state index contributed by atoms with van der Waals surface area (Å²) in [6.07, 6.45) is 1.80. The van der Waals surface area contributed by atoms with Crippen LogP contribution in [0.3, 0.4) is 0 Å². The first-order chi connectivity index (χ1) is 10.2. The van der Waals surface area contributed by atoms with Gasteiger partial charge in [-0.05, 0) is 12.1 Å². The summed E-state index contributed by atoms with van der Waals surface area (Å²) < 4.78 is 0. The minimum atomic E-state index is -0.464. The van der Waals surface area contributed by atoms with E-state index < -0.39 is 6.03 Å². The summed E-state index contributed by atoms with van der Waals surface area (Å²) in [5.41, 5.74) is 1.06. The van der Waals surface area contributed by atoms with Crippen molar-refractivity contribution in [3.05, 3.63) is 30.1 Å². The smallest absolute Gasteiger partial charge is 0.321 e. The highest BCUT2D eigenvalue weighted by Crippen LogP contribution is 2.06. The van der Waals surface area contributed by atoms with Gasteiger partial charge in [-0.1, -0.05) is 6.07 Å². The van der Waals surface area contributed by atoms with Crippen molar-refractivity contribution < 1.29 is 9.59 Å². The molecule has 0 radical (unpaired) electrons. The second-order valence-corrected chi connectivity index (χ2v) is 5.00. The maximum Gasteiger partial charge on any atom is 0.321 e. The minimum absolute atomic E-state index is 0.255. The Labute approximate surface area is 124 Å². The van der Waals surface area contributed by atoms with E-state index in [9.17, 15) is 9.59 Å². The number of pyridine rings is 1. The van der Waals surface area contributed by atoms with E-state index >= 15 is 0 Å². The zero-order chi connectivity index (χ0) is 15.1. The Morgan fingerprint density at radius 1 is 1.19 bits per heavy atom. The van der Waals surface area contributed by atoms with Gasteiger partial charge in [-0.15, -0.1) is 0 Å². The second-order valence-electron chi connectivity index (χ2n) is 5.00. The number of aromatic nitrogens is 1. The number of nitrogens with zero attached hydrogens (tertiary/aromatic N) is 3. The third-order valence-corrected chi connectivity index (χ3v) is 3.42. The zero-order valence-electron chi connectivity index (χ0n) is 12.2. The molecule has 1 fully saturated rings. The topological polar surface area (TPSA) is 77.6 Å². The van der Waals surface area contributed by atoms with Crippen molar-refractivity contribution in [3.8, 4) is 0 Å². The van der Waals surface area contributed by atoms with Gasteiger partial charge in [0.1, 0.15) is 0 Å². The van der Waals surface area contributed by atoms with Crippen LogP contribution < -0.4 is 10.6 Å². The van der Waals surface area contributed by atoms with E-state index in [1.165, 1.54) is 7.05 Å². The molecule has 1 saturated heterocycles. The number of piperazine rings is 1. The number of hydrogen-bond acceptors (Lipinski definition) is 5. The lowest BCUT2D eigenvalue weighted by atomic mass is 10.2. The minimum Gasteiger partial charge on any atom is -0.341 e. The molecule has 1 aromatic heterocycles. The SMILES string of the molecule is CNC(=O)NC(=O)CN1CCN(Cc2ccccn2)CC1. The van der Waals surface area contributed by atoms with Crippen molar-refractivity contribution in [2.75, 3.05) is 39.8 Å². The molecule has 1 aliphatic heterocycles. The van der Waals surface area contributed by atoms with Crippen molar-refractivity contribution in [1.29, 1.82) is 0 Å². The number of amides is 3. The number of imide groups is 1. The third-order valence-electron chi connectivity index (χ3n) is 3.42. The van der Waals surface area contributed by atoms with Gasteiger partial charge in [0.15, 0.2) is 0 Å². The van der Waals surface area contributed by atoms with E-state index in [0.29, 0.717) is 0 Å². The molecule has 7 heteroatoms. The Morgan fingerprint density at radius 2 is 1.90 bits per heavy atom. The monoisotopic (exact) mass is 291 g/mol. The maximum absolute atomic E-state index is 11.6. The Morgan fingerprint density at radius 3 is 2.52 bits per heavy atom. The van der Waals surface area contributed by atoms with Crippen LogP contribution in [0.4, 0.5) is 4.79 Å². The van der Waals surface area contributed by atoms with Crippen LogP contribution in [-0.4, -0.2) is 66.5 Å². The molecule has 1 aliphatic rings. The Hall–Kier alpha value is -1.99. The Kier molecular flexibility index (Phi) is 5.65. The predicted molar refractivity (Wildman–Crippen MR) is 78.6 cm³/mol. The Bertz CT molecular complexity index is 472. The molecule has 2 heterocycles. The van der Waals surface area contributed by atoms with E-state index in [0.717, 1.165) is 38.4 Å². The highest BCUT2D eigenvalue weighted by molar-refractivity contribution is 5.95. The molecule has 2 N–H and O–H groups in total. The highest BCUT2D eigenvalue weighted by atomic mass is 16.2. The molecule has 3 amide bonds. The fraction of sp³-hybridized carbons (Fsp3) is 0.500. The van der Waals surface area contributed by atoms with Crippen LogP contribution in [0, 0.1) is 0 Å². The summed E-state index contributed by atoms with van der Waals surface area (Å²) in [5, 5.41) is 4.64. The van der Waals surface area contributed by atoms with Crippen LogP contribution in [0.2, 0.25) is 0 Å². The lowest BCUT2D eigenvalue weighted by Gasteiger charge is -2.33. The number of urea groups is 1. The third kappa shape index (κ3) is 5.13. The van der Waals surface area contributed by atoms with Gasteiger partial charge in [0, 0.05) is 46.0 Å². The molecule has 0 unspecified atom stereocenters. The lowest BCUT2D eigenvalue weighted by Crippen LogP contribution is -2.50. The number of rotatable bonds is 4. The van der Waals surface area contributed by atoms with E-state index in [1.807, 2.05) is 23.1 Å². The van der Waals surface area contributed by atoms with Crippen molar-refractivity contribution >= 4 is 11.9 Å². The molecule has 0 aromatic carbocycles. The fourth-order valence-electron chi connectivity index (χ4n) is 2.26. The normalized spacial score (nSPS) is 16.4. The summed E-state index contributed by atoms with van der Waals surface area (Å²) in [6, 6.07) is 5.45. The van der Waals surface area contributed by atoms with Crippen LogP contribution in [0.5, 0.6) is 0 Å². The Balaban J connectivity index is 1.71. The largest absolute Gasteiger partial charge is 0.341 e. The van der Waals surface area contributed by atoms with Crippen molar-refractivity contribution in [3.63, 3.8) is 0 Å². The summed E-state index contributed by atoms with van der Waals surface area (Å²) >= 11 is 0. The van der Waals surface area contributed by atoms with Crippen molar-refractivity contribution in [1.82, 2.24) is 25.4 Å². The molecule has 0 atom stereocenters. The number of carbonyl (C=O) groups excluding carboxylic acids is 2. The molecule has 7 nitrogen and oxygen atoms in total. The predicted octanol–water partition coefficient (Wildman–Crippen LogP) is -0.345. The van der Waals surface area contributed by atoms with Gasteiger partial charge in [-0.3, -0.25) is 24.9 Å². The second kappa shape index (κ2) is 7.70. The molecule has 0 bridgehead atoms. The zero-order valence-corrected chi connectivity index (χ0v) is 12.2. The fourth-order valence-corrected chi connectivity index (χ4v) is 2.26. The molecule has 2 rings (SSSR count). The number of carbonyl (C=O) groups is 2. The van der Waals surface area contributed by atoms with Crippen molar-refractivity contribution in [2.45, 2.75) is 6.54 Å². The maximum atomic E-state index is 11.6. The highest BCUT2D eigenvalue weighted by Gasteiger charge is 2.19. The number of hydrogen-bond donors (Lipinski definition) is 2. The van der Waals surface area contributed by atoms with Gasteiger partial charge in [-0.25, -0.2) is 4.79 Å². The van der Waals surface area contributed by atoms with Gasteiger partial charge in [-0.2, -0.15) is 0 Å². The molecule has 0 saturated carbocycles. The first kappa shape index (κ1) is 15.4. The summed E-state index contributed by atoms with van der Waals surface area (Å²) in [6.45, 7) is 4.50. The van der Waals surface area contributed by atoms with Crippen LogP contribution in [0.25, 0.3) is 0 Å².